The predicted molar refractivity (Wildman–Crippen MR) is 280 cm³/mol. The summed E-state index contributed by atoms with van der Waals surface area (Å²) < 4.78 is 172. The van der Waals surface area contributed by atoms with Crippen LogP contribution in [0.1, 0.15) is 69.9 Å². The molecule has 2 amide bonds. The van der Waals surface area contributed by atoms with Gasteiger partial charge in [0, 0.05) is 61.0 Å². The van der Waals surface area contributed by atoms with E-state index in [-0.39, 0.29) is 122 Å². The van der Waals surface area contributed by atoms with Crippen molar-refractivity contribution in [2.75, 3.05) is 109 Å². The van der Waals surface area contributed by atoms with Crippen LogP contribution < -0.4 is 4.90 Å². The number of ether oxygens (including phenoxy) is 6. The van der Waals surface area contributed by atoms with E-state index < -0.39 is 85.5 Å². The fraction of sp³-hybridized carbons (Fsp3) is 0.551. The quantitative estimate of drug-likeness (QED) is 0.0253. The summed E-state index contributed by atoms with van der Waals surface area (Å²) >= 11 is 0. The van der Waals surface area contributed by atoms with Gasteiger partial charge < -0.3 is 38.2 Å². The Morgan fingerprint density at radius 1 is 0.641 bits per heavy atom. The average Bonchev–Trinajstić information content (AvgIpc) is 3.90. The zero-order valence-electron chi connectivity index (χ0n) is 43.5. The van der Waals surface area contributed by atoms with Gasteiger partial charge in [-0.15, -0.1) is 5.06 Å². The number of allylic oxidation sites excluding steroid dienone is 6. The summed E-state index contributed by atoms with van der Waals surface area (Å²) in [5, 5.41) is 0.457. The van der Waals surface area contributed by atoms with Crippen LogP contribution in [0.4, 0.5) is 11.4 Å². The summed E-state index contributed by atoms with van der Waals surface area (Å²) in [4.78, 5) is 41.2. The number of hydroxylamine groups is 2. The van der Waals surface area contributed by atoms with E-state index in [2.05, 4.69) is 0 Å². The molecule has 2 aromatic rings. The van der Waals surface area contributed by atoms with E-state index in [0.29, 0.717) is 52.2 Å². The molecule has 0 bridgehead atoms. The zero-order valence-corrected chi connectivity index (χ0v) is 46.8. The van der Waals surface area contributed by atoms with Crippen LogP contribution in [0.2, 0.25) is 0 Å². The van der Waals surface area contributed by atoms with E-state index in [9.17, 15) is 66.3 Å². The number of benzene rings is 2. The molecule has 0 saturated carbocycles. The molecular weight excluding hydrogens is 1110 g/mol. The zero-order chi connectivity index (χ0) is 57.4. The fourth-order valence-electron chi connectivity index (χ4n) is 9.24. The Hall–Kier alpha value is -4.86. The molecule has 434 valence electrons. The Balaban J connectivity index is 1.39. The number of imide groups is 1. The topological polar surface area (TPSA) is 343 Å². The van der Waals surface area contributed by atoms with Gasteiger partial charge in [-0.3, -0.25) is 27.8 Å². The summed E-state index contributed by atoms with van der Waals surface area (Å²) in [5.74, 6) is -3.18. The van der Waals surface area contributed by atoms with Crippen LogP contribution in [0.5, 0.6) is 0 Å². The maximum atomic E-state index is 12.4. The van der Waals surface area contributed by atoms with Crippen LogP contribution in [-0.4, -0.2) is 189 Å². The maximum absolute atomic E-state index is 12.4. The molecule has 0 radical (unpaired) electrons. The van der Waals surface area contributed by atoms with Crippen molar-refractivity contribution in [2.45, 2.75) is 79.4 Å². The van der Waals surface area contributed by atoms with Crippen LogP contribution in [0, 0.1) is 0 Å². The normalized spacial score (nSPS) is 19.6. The minimum Gasteiger partial charge on any atom is -0.382 e. The Morgan fingerprint density at radius 2 is 1.15 bits per heavy atom. The third-order valence-electron chi connectivity index (χ3n) is 13.0. The van der Waals surface area contributed by atoms with Gasteiger partial charge in [0.2, 0.25) is 5.69 Å². The number of fused-ring (bicyclic) bond motifs is 2. The number of anilines is 1. The van der Waals surface area contributed by atoms with Gasteiger partial charge in [-0.25, -0.2) is 4.79 Å². The number of carbonyl (C=O) groups excluding carboxylic acids is 3. The third kappa shape index (κ3) is 18.3. The summed E-state index contributed by atoms with van der Waals surface area (Å²) in [6.45, 7) is 6.00. The monoisotopic (exact) mass is 1180 g/mol. The van der Waals surface area contributed by atoms with Crippen molar-refractivity contribution in [3.05, 3.63) is 83.6 Å². The third-order valence-corrected chi connectivity index (χ3v) is 16.3. The van der Waals surface area contributed by atoms with Crippen LogP contribution >= 0.6 is 0 Å². The molecule has 3 aliphatic heterocycles. The highest BCUT2D eigenvalue weighted by Gasteiger charge is 2.48. The van der Waals surface area contributed by atoms with Gasteiger partial charge >= 0.3 is 5.97 Å². The van der Waals surface area contributed by atoms with E-state index in [1.807, 2.05) is 9.48 Å². The lowest BCUT2D eigenvalue weighted by molar-refractivity contribution is -0.442. The summed E-state index contributed by atoms with van der Waals surface area (Å²) in [6, 6.07) is 8.15. The number of hydrogen-bond donors (Lipinski definition) is 4. The molecule has 78 heavy (non-hydrogen) atoms. The molecule has 2 unspecified atom stereocenters. The predicted octanol–water partition coefficient (Wildman–Crippen LogP) is 3.37. The van der Waals surface area contributed by atoms with Crippen molar-refractivity contribution < 1.29 is 104 Å². The van der Waals surface area contributed by atoms with E-state index in [4.69, 9.17) is 33.3 Å². The first-order valence-electron chi connectivity index (χ1n) is 24.8. The second kappa shape index (κ2) is 28.5. The molecule has 2 atom stereocenters. The summed E-state index contributed by atoms with van der Waals surface area (Å²) in [6.07, 6.45) is 8.34. The van der Waals surface area contributed by atoms with E-state index in [1.54, 1.807) is 51.3 Å². The van der Waals surface area contributed by atoms with Crippen molar-refractivity contribution in [3.8, 4) is 0 Å². The highest BCUT2D eigenvalue weighted by Crippen LogP contribution is 2.51. The lowest BCUT2D eigenvalue weighted by atomic mass is 9.76. The van der Waals surface area contributed by atoms with E-state index in [1.165, 1.54) is 36.4 Å². The van der Waals surface area contributed by atoms with E-state index in [0.717, 1.165) is 0 Å². The Bertz CT molecular complexity index is 3040. The van der Waals surface area contributed by atoms with Gasteiger partial charge in [-0.1, -0.05) is 18.2 Å². The van der Waals surface area contributed by atoms with Crippen LogP contribution in [0.3, 0.4) is 0 Å². The Morgan fingerprint density at radius 3 is 1.72 bits per heavy atom. The highest BCUT2D eigenvalue weighted by molar-refractivity contribution is 7.86. The number of amides is 2. The first-order chi connectivity index (χ1) is 36.7. The van der Waals surface area contributed by atoms with Crippen molar-refractivity contribution >= 4 is 75.3 Å². The number of carbonyl (C=O) groups is 3. The number of nitrogens with zero attached hydrogens (tertiary/aromatic N) is 3. The van der Waals surface area contributed by atoms with Crippen molar-refractivity contribution in [2.24, 2.45) is 0 Å². The number of rotatable bonds is 35. The molecule has 1 fully saturated rings. The Kier molecular flexibility index (Phi) is 23.4. The molecular formula is C49H68N3O22S4+. The standard InChI is InChI=1S/C49H67N3O22S4/c1-48(18-7-33-75(56,57)58)39-35-37(77(62,63)64)11-13-41(39)50(20-23-70-28-31-72-26-25-68-3)43(48)9-5-4-6-10-44-49(2,19-8-34-76(59,60)61)40-36-38(78(65,66)67)12-14-42(40)51(44)21-24-71-29-32-73-30-27-69-22-17-47(55)74-52-45(53)15-16-46(52)54/h4-6,9-14,35-36H,7-8,15-34H2,1-3H3,(H3-,56,57,58,59,60,61,62,63,64,65,66,67)/p+1. The van der Waals surface area contributed by atoms with Crippen LogP contribution in [-0.2, 0) is 98.9 Å². The molecule has 0 aliphatic carbocycles. The molecule has 5 rings (SSSR count). The minimum absolute atomic E-state index is 0.0247. The van der Waals surface area contributed by atoms with Crippen molar-refractivity contribution in [3.63, 3.8) is 0 Å². The van der Waals surface area contributed by atoms with Gasteiger partial charge in [-0.2, -0.15) is 38.2 Å². The van der Waals surface area contributed by atoms with Crippen molar-refractivity contribution in [1.29, 1.82) is 0 Å². The SMILES string of the molecule is COCCOCCOCCN1C(=CC=CC=CC2=[N+](CCOCCOCCOCCC(=O)ON3C(=O)CCC3=O)c3ccc(S(=O)(=O)O)cc3C2(C)CCCS(=O)(=O)O)C(C)(CCCS(=O)(=O)O)c2cc(S(=O)(=O)O)ccc21. The first-order valence-corrected chi connectivity index (χ1v) is 30.9. The summed E-state index contributed by atoms with van der Waals surface area (Å²) in [5.41, 5.74) is 0.898. The largest absolute Gasteiger partial charge is 0.382 e. The van der Waals surface area contributed by atoms with Gasteiger partial charge in [0.15, 0.2) is 12.3 Å². The van der Waals surface area contributed by atoms with Gasteiger partial charge in [0.1, 0.15) is 6.61 Å². The van der Waals surface area contributed by atoms with Crippen LogP contribution in [0.25, 0.3) is 0 Å². The average molecular weight is 1180 g/mol. The van der Waals surface area contributed by atoms with Gasteiger partial charge in [-0.05, 0) is 81.5 Å². The maximum Gasteiger partial charge on any atom is 0.335 e. The molecule has 29 heteroatoms. The smallest absolute Gasteiger partial charge is 0.335 e. The lowest BCUT2D eigenvalue weighted by Crippen LogP contribution is -2.32. The molecule has 25 nitrogen and oxygen atoms in total. The molecule has 0 spiro atoms. The first kappa shape index (κ1) is 64.0. The fourth-order valence-corrected chi connectivity index (χ4v) is 11.3. The number of hydrogen-bond acceptors (Lipinski definition) is 19. The van der Waals surface area contributed by atoms with Crippen LogP contribution in [0.15, 0.2) is 82.3 Å². The molecule has 3 aliphatic rings. The second-order valence-electron chi connectivity index (χ2n) is 18.6. The molecule has 1 saturated heterocycles. The molecule has 3 heterocycles. The Labute approximate surface area is 454 Å². The molecule has 2 aromatic carbocycles. The van der Waals surface area contributed by atoms with Gasteiger partial charge in [0.05, 0.1) is 99.2 Å². The summed E-state index contributed by atoms with van der Waals surface area (Å²) in [7, 11) is -16.6. The lowest BCUT2D eigenvalue weighted by Gasteiger charge is -2.30. The van der Waals surface area contributed by atoms with Crippen molar-refractivity contribution in [1.82, 2.24) is 5.06 Å². The highest BCUT2D eigenvalue weighted by atomic mass is 32.2. The van der Waals surface area contributed by atoms with Gasteiger partial charge in [0.25, 0.3) is 52.3 Å². The second-order valence-corrected chi connectivity index (χ2v) is 24.6. The molecule has 4 N–H and O–H groups in total. The minimum atomic E-state index is -4.70. The molecule has 0 aromatic heterocycles. The van der Waals surface area contributed by atoms with E-state index >= 15 is 0 Å². The number of methoxy groups -OCH3 is 1.